The van der Waals surface area contributed by atoms with Gasteiger partial charge in [0, 0.05) is 18.4 Å². The second-order valence-electron chi connectivity index (χ2n) is 4.09. The quantitative estimate of drug-likeness (QED) is 0.848. The number of nitrogens with one attached hydrogen (secondary N) is 1. The first-order valence-corrected chi connectivity index (χ1v) is 5.37. The molecule has 0 radical (unpaired) electrons. The van der Waals surface area contributed by atoms with Crippen LogP contribution in [-0.4, -0.2) is 22.4 Å². The fourth-order valence-corrected chi connectivity index (χ4v) is 2.36. The monoisotopic (exact) mass is 232 g/mol. The summed E-state index contributed by atoms with van der Waals surface area (Å²) in [5, 5.41) is 2.60. The van der Waals surface area contributed by atoms with Crippen molar-refractivity contribution in [3.05, 3.63) is 16.6 Å². The molecule has 0 bridgehead atoms. The second-order valence-corrected chi connectivity index (χ2v) is 4.98. The normalized spacial score (nSPS) is 21.8. The van der Waals surface area contributed by atoms with Crippen LogP contribution in [0.2, 0.25) is 0 Å². The summed E-state index contributed by atoms with van der Waals surface area (Å²) >= 11 is 1.20. The molecule has 1 saturated carbocycles. The van der Waals surface area contributed by atoms with Gasteiger partial charge in [0.15, 0.2) is 0 Å². The number of carbonyl (C=O) groups excluding carboxylic acids is 1. The SMILES string of the molecule is CC1(NC(=O)c2cncs2)CC(F)(F)C1. The molecule has 1 heterocycles. The molecule has 82 valence electrons. The molecule has 0 atom stereocenters. The molecule has 0 unspecified atom stereocenters. The highest BCUT2D eigenvalue weighted by molar-refractivity contribution is 7.11. The Morgan fingerprint density at radius 1 is 1.60 bits per heavy atom. The predicted molar refractivity (Wildman–Crippen MR) is 52.2 cm³/mol. The lowest BCUT2D eigenvalue weighted by molar-refractivity contribution is -0.124. The third kappa shape index (κ3) is 2.14. The zero-order valence-corrected chi connectivity index (χ0v) is 8.91. The van der Waals surface area contributed by atoms with Gasteiger partial charge in [0.1, 0.15) is 4.88 Å². The Balaban J connectivity index is 1.97. The maximum Gasteiger partial charge on any atom is 0.263 e. The maximum absolute atomic E-state index is 12.7. The lowest BCUT2D eigenvalue weighted by Gasteiger charge is -2.45. The topological polar surface area (TPSA) is 42.0 Å². The molecule has 0 aromatic carbocycles. The van der Waals surface area contributed by atoms with Crippen molar-refractivity contribution in [2.24, 2.45) is 0 Å². The van der Waals surface area contributed by atoms with Crippen molar-refractivity contribution in [2.75, 3.05) is 0 Å². The van der Waals surface area contributed by atoms with Crippen LogP contribution in [0.15, 0.2) is 11.7 Å². The Kier molecular flexibility index (Phi) is 2.26. The first-order valence-electron chi connectivity index (χ1n) is 4.49. The minimum Gasteiger partial charge on any atom is -0.346 e. The van der Waals surface area contributed by atoms with Gasteiger partial charge in [-0.1, -0.05) is 0 Å². The van der Waals surface area contributed by atoms with E-state index in [4.69, 9.17) is 0 Å². The highest BCUT2D eigenvalue weighted by Gasteiger charge is 2.54. The molecule has 1 N–H and O–H groups in total. The summed E-state index contributed by atoms with van der Waals surface area (Å²) in [4.78, 5) is 15.7. The number of hydrogen-bond donors (Lipinski definition) is 1. The average molecular weight is 232 g/mol. The van der Waals surface area contributed by atoms with Crippen molar-refractivity contribution >= 4 is 17.2 Å². The van der Waals surface area contributed by atoms with Crippen LogP contribution >= 0.6 is 11.3 Å². The second kappa shape index (κ2) is 3.23. The molecular weight excluding hydrogens is 222 g/mol. The third-order valence-electron chi connectivity index (χ3n) is 2.37. The zero-order valence-electron chi connectivity index (χ0n) is 8.09. The third-order valence-corrected chi connectivity index (χ3v) is 3.14. The van der Waals surface area contributed by atoms with Gasteiger partial charge in [-0.05, 0) is 6.92 Å². The van der Waals surface area contributed by atoms with E-state index in [0.29, 0.717) is 4.88 Å². The van der Waals surface area contributed by atoms with E-state index >= 15 is 0 Å². The largest absolute Gasteiger partial charge is 0.346 e. The standard InChI is InChI=1S/C9H10F2N2OS/c1-8(3-9(10,11)4-8)13-7(14)6-2-12-5-15-6/h2,5H,3-4H2,1H3,(H,13,14). The highest BCUT2D eigenvalue weighted by Crippen LogP contribution is 2.45. The number of thiazole rings is 1. The lowest BCUT2D eigenvalue weighted by atomic mass is 9.75. The summed E-state index contributed by atoms with van der Waals surface area (Å²) in [5.74, 6) is -2.95. The molecule has 1 aromatic heterocycles. The number of amides is 1. The molecule has 3 nitrogen and oxygen atoms in total. The summed E-state index contributed by atoms with van der Waals surface area (Å²) in [5.41, 5.74) is 0.761. The summed E-state index contributed by atoms with van der Waals surface area (Å²) in [6.45, 7) is 1.63. The molecular formula is C9H10F2N2OS. The van der Waals surface area contributed by atoms with E-state index in [1.54, 1.807) is 6.92 Å². The highest BCUT2D eigenvalue weighted by atomic mass is 32.1. The maximum atomic E-state index is 12.7. The van der Waals surface area contributed by atoms with Gasteiger partial charge >= 0.3 is 0 Å². The van der Waals surface area contributed by atoms with Crippen molar-refractivity contribution in [3.8, 4) is 0 Å². The van der Waals surface area contributed by atoms with Crippen molar-refractivity contribution in [1.82, 2.24) is 10.3 Å². The Hall–Kier alpha value is -1.04. The van der Waals surface area contributed by atoms with Gasteiger partial charge < -0.3 is 5.32 Å². The van der Waals surface area contributed by atoms with Crippen LogP contribution in [0.25, 0.3) is 0 Å². The Bertz CT molecular complexity index is 369. The fraction of sp³-hybridized carbons (Fsp3) is 0.556. The van der Waals surface area contributed by atoms with Crippen molar-refractivity contribution in [3.63, 3.8) is 0 Å². The van der Waals surface area contributed by atoms with Gasteiger partial charge in [-0.2, -0.15) is 0 Å². The molecule has 0 saturated heterocycles. The van der Waals surface area contributed by atoms with Gasteiger partial charge in [0.05, 0.1) is 11.7 Å². The van der Waals surface area contributed by atoms with Crippen LogP contribution in [-0.2, 0) is 0 Å². The zero-order chi connectivity index (χ0) is 11.1. The van der Waals surface area contributed by atoms with E-state index in [9.17, 15) is 13.6 Å². The van der Waals surface area contributed by atoms with Crippen molar-refractivity contribution < 1.29 is 13.6 Å². The first kappa shape index (κ1) is 10.5. The van der Waals surface area contributed by atoms with E-state index in [0.717, 1.165) is 0 Å². The van der Waals surface area contributed by atoms with Gasteiger partial charge in [0.25, 0.3) is 11.8 Å². The molecule has 2 rings (SSSR count). The number of aromatic nitrogens is 1. The van der Waals surface area contributed by atoms with Crippen LogP contribution in [0.4, 0.5) is 8.78 Å². The number of nitrogens with zero attached hydrogens (tertiary/aromatic N) is 1. The van der Waals surface area contributed by atoms with E-state index < -0.39 is 11.5 Å². The molecule has 1 aliphatic carbocycles. The molecule has 1 amide bonds. The summed E-state index contributed by atoms with van der Waals surface area (Å²) in [6, 6.07) is 0. The van der Waals surface area contributed by atoms with E-state index in [-0.39, 0.29) is 18.7 Å². The summed E-state index contributed by atoms with van der Waals surface area (Å²) in [6.07, 6.45) is 0.856. The Morgan fingerprint density at radius 2 is 2.27 bits per heavy atom. The lowest BCUT2D eigenvalue weighted by Crippen LogP contribution is -2.60. The van der Waals surface area contributed by atoms with Crippen molar-refractivity contribution in [2.45, 2.75) is 31.2 Å². The molecule has 1 aromatic rings. The first-order chi connectivity index (χ1) is 6.90. The van der Waals surface area contributed by atoms with E-state index in [1.165, 1.54) is 23.0 Å². The van der Waals surface area contributed by atoms with Gasteiger partial charge in [-0.15, -0.1) is 11.3 Å². The Labute approximate surface area is 89.5 Å². The smallest absolute Gasteiger partial charge is 0.263 e. The minimum absolute atomic E-state index is 0.287. The van der Waals surface area contributed by atoms with Crippen LogP contribution in [0, 0.1) is 0 Å². The average Bonchev–Trinajstić information content (AvgIpc) is 2.49. The van der Waals surface area contributed by atoms with Crippen LogP contribution < -0.4 is 5.32 Å². The molecule has 0 aliphatic heterocycles. The molecule has 1 fully saturated rings. The number of rotatable bonds is 2. The number of carbonyl (C=O) groups is 1. The molecule has 6 heteroatoms. The van der Waals surface area contributed by atoms with Gasteiger partial charge in [-0.25, -0.2) is 8.78 Å². The number of hydrogen-bond acceptors (Lipinski definition) is 3. The van der Waals surface area contributed by atoms with Gasteiger partial charge in [-0.3, -0.25) is 9.78 Å². The summed E-state index contributed by atoms with van der Waals surface area (Å²) < 4.78 is 25.3. The summed E-state index contributed by atoms with van der Waals surface area (Å²) in [7, 11) is 0. The van der Waals surface area contributed by atoms with Crippen LogP contribution in [0.3, 0.4) is 0 Å². The number of halogens is 2. The molecule has 0 spiro atoms. The van der Waals surface area contributed by atoms with Crippen LogP contribution in [0.1, 0.15) is 29.4 Å². The fourth-order valence-electron chi connectivity index (χ4n) is 1.84. The van der Waals surface area contributed by atoms with Crippen molar-refractivity contribution in [1.29, 1.82) is 0 Å². The van der Waals surface area contributed by atoms with Crippen LogP contribution in [0.5, 0.6) is 0 Å². The molecule has 1 aliphatic rings. The minimum atomic E-state index is -2.63. The predicted octanol–water partition coefficient (Wildman–Crippen LogP) is 2.06. The number of alkyl halides is 2. The van der Waals surface area contributed by atoms with E-state index in [2.05, 4.69) is 10.3 Å². The molecule has 15 heavy (non-hydrogen) atoms. The Morgan fingerprint density at radius 3 is 2.73 bits per heavy atom. The van der Waals surface area contributed by atoms with E-state index in [1.807, 2.05) is 0 Å². The van der Waals surface area contributed by atoms with Gasteiger partial charge in [0.2, 0.25) is 0 Å².